The molecule has 0 aromatic heterocycles. The molecule has 154 valence electrons. The summed E-state index contributed by atoms with van der Waals surface area (Å²) in [6, 6.07) is 10.7. The van der Waals surface area contributed by atoms with E-state index in [2.05, 4.69) is 10.6 Å². The van der Waals surface area contributed by atoms with Crippen LogP contribution in [-0.2, 0) is 9.59 Å². The van der Waals surface area contributed by atoms with E-state index in [1.807, 2.05) is 31.2 Å². The topological polar surface area (TPSA) is 58.2 Å². The van der Waals surface area contributed by atoms with E-state index in [0.717, 1.165) is 41.8 Å². The van der Waals surface area contributed by atoms with E-state index in [1.165, 1.54) is 6.07 Å². The van der Waals surface area contributed by atoms with Crippen LogP contribution in [-0.4, -0.2) is 11.7 Å². The van der Waals surface area contributed by atoms with E-state index in [0.29, 0.717) is 23.3 Å². The molecule has 2 N–H and O–H groups in total. The molecule has 0 fully saturated rings. The van der Waals surface area contributed by atoms with Crippen molar-refractivity contribution in [2.24, 2.45) is 0 Å². The first-order valence-electron chi connectivity index (χ1n) is 9.92. The van der Waals surface area contributed by atoms with E-state index >= 15 is 0 Å². The average Bonchev–Trinajstić information content (AvgIpc) is 2.70. The Balaban J connectivity index is 1.78. The quantitative estimate of drug-likeness (QED) is 0.761. The first-order valence-corrected chi connectivity index (χ1v) is 9.92. The highest BCUT2D eigenvalue weighted by Gasteiger charge is 2.38. The van der Waals surface area contributed by atoms with Crippen LogP contribution in [0.4, 0.5) is 14.5 Å². The van der Waals surface area contributed by atoms with Gasteiger partial charge in [0.05, 0.1) is 5.69 Å². The molecule has 2 aromatic rings. The molecule has 0 bridgehead atoms. The molecule has 4 rings (SSSR count). The lowest BCUT2D eigenvalue weighted by molar-refractivity contribution is -0.116. The van der Waals surface area contributed by atoms with Gasteiger partial charge < -0.3 is 10.6 Å². The predicted molar refractivity (Wildman–Crippen MR) is 111 cm³/mol. The second-order valence-corrected chi connectivity index (χ2v) is 7.75. The van der Waals surface area contributed by atoms with Crippen LogP contribution in [0.1, 0.15) is 43.2 Å². The minimum atomic E-state index is -0.856. The van der Waals surface area contributed by atoms with Gasteiger partial charge in [-0.1, -0.05) is 29.8 Å². The zero-order chi connectivity index (χ0) is 21.4. The van der Waals surface area contributed by atoms with Gasteiger partial charge in [0, 0.05) is 40.9 Å². The fourth-order valence-electron chi connectivity index (χ4n) is 4.16. The van der Waals surface area contributed by atoms with E-state index in [1.54, 1.807) is 6.92 Å². The summed E-state index contributed by atoms with van der Waals surface area (Å²) in [5, 5.41) is 5.77. The van der Waals surface area contributed by atoms with Crippen LogP contribution in [0.25, 0.3) is 0 Å². The Hall–Kier alpha value is -3.28. The van der Waals surface area contributed by atoms with Crippen molar-refractivity contribution in [3.63, 3.8) is 0 Å². The van der Waals surface area contributed by atoms with Crippen LogP contribution in [0.5, 0.6) is 0 Å². The van der Waals surface area contributed by atoms with Gasteiger partial charge in [-0.05, 0) is 44.4 Å². The molecule has 2 aliphatic rings. The van der Waals surface area contributed by atoms with Gasteiger partial charge in [0.15, 0.2) is 5.78 Å². The molecule has 0 radical (unpaired) electrons. The molecule has 1 atom stereocenters. The Morgan fingerprint density at radius 1 is 1.07 bits per heavy atom. The van der Waals surface area contributed by atoms with Crippen LogP contribution in [0, 0.1) is 18.6 Å². The highest BCUT2D eigenvalue weighted by atomic mass is 19.1. The molecule has 6 heteroatoms. The predicted octanol–water partition coefficient (Wildman–Crippen LogP) is 4.88. The Kier molecular flexibility index (Phi) is 5.24. The molecule has 2 aromatic carbocycles. The molecule has 1 aliphatic heterocycles. The lowest BCUT2D eigenvalue weighted by Crippen LogP contribution is -2.35. The lowest BCUT2D eigenvalue weighted by Gasteiger charge is -2.34. The Labute approximate surface area is 173 Å². The number of dihydropyridines is 1. The molecule has 30 heavy (non-hydrogen) atoms. The number of rotatable bonds is 3. The van der Waals surface area contributed by atoms with Crippen LogP contribution in [0.2, 0.25) is 0 Å². The van der Waals surface area contributed by atoms with Crippen molar-refractivity contribution in [2.45, 2.75) is 39.0 Å². The standard InChI is InChI=1S/C24H22F2N2O2/c1-13-6-8-15(9-7-13)22-21(14(2)27-19-4-3-5-20(29)23(19)22)24(30)28-18-11-10-16(25)12-17(18)26/h6-12,22,27H,3-5H2,1-2H3,(H,28,30). The van der Waals surface area contributed by atoms with Gasteiger partial charge in [-0.3, -0.25) is 9.59 Å². The van der Waals surface area contributed by atoms with Crippen molar-refractivity contribution in [3.05, 3.63) is 87.8 Å². The number of nitrogens with one attached hydrogen (secondary N) is 2. The molecule has 0 saturated heterocycles. The third-order valence-corrected chi connectivity index (χ3v) is 5.61. The van der Waals surface area contributed by atoms with Gasteiger partial charge in [0.25, 0.3) is 5.91 Å². The summed E-state index contributed by atoms with van der Waals surface area (Å²) in [5.41, 5.74) is 4.20. The maximum Gasteiger partial charge on any atom is 0.254 e. The minimum Gasteiger partial charge on any atom is -0.362 e. The van der Waals surface area contributed by atoms with Gasteiger partial charge in [-0.25, -0.2) is 8.78 Å². The van der Waals surface area contributed by atoms with Crippen LogP contribution >= 0.6 is 0 Å². The number of allylic oxidation sites excluding steroid dienone is 3. The zero-order valence-electron chi connectivity index (χ0n) is 16.8. The van der Waals surface area contributed by atoms with Crippen LogP contribution in [0.3, 0.4) is 0 Å². The maximum atomic E-state index is 14.1. The SMILES string of the molecule is CC1=C(C(=O)Nc2ccc(F)cc2F)C(c2ccc(C)cc2)C2=C(CCCC2=O)N1. The first-order chi connectivity index (χ1) is 14.3. The Bertz CT molecular complexity index is 1100. The Morgan fingerprint density at radius 2 is 1.80 bits per heavy atom. The van der Waals surface area contributed by atoms with Crippen molar-refractivity contribution in [3.8, 4) is 0 Å². The van der Waals surface area contributed by atoms with Gasteiger partial charge in [-0.15, -0.1) is 0 Å². The molecule has 0 saturated carbocycles. The summed E-state index contributed by atoms with van der Waals surface area (Å²) in [6.45, 7) is 3.74. The van der Waals surface area contributed by atoms with Crippen molar-refractivity contribution < 1.29 is 18.4 Å². The number of hydrogen-bond donors (Lipinski definition) is 2. The van der Waals surface area contributed by atoms with E-state index in [9.17, 15) is 18.4 Å². The average molecular weight is 408 g/mol. The molecule has 1 heterocycles. The molecular formula is C24H22F2N2O2. The van der Waals surface area contributed by atoms with Crippen molar-refractivity contribution in [2.75, 3.05) is 5.32 Å². The van der Waals surface area contributed by atoms with Crippen molar-refractivity contribution in [1.29, 1.82) is 0 Å². The highest BCUT2D eigenvalue weighted by Crippen LogP contribution is 2.42. The number of Topliss-reactive ketones (excluding diaryl/α,β-unsaturated/α-hetero) is 1. The Morgan fingerprint density at radius 3 is 2.50 bits per heavy atom. The number of benzene rings is 2. The number of halogens is 2. The molecule has 1 amide bonds. The normalized spacial score (nSPS) is 18.8. The fourth-order valence-corrected chi connectivity index (χ4v) is 4.16. The van der Waals surface area contributed by atoms with E-state index in [-0.39, 0.29) is 11.5 Å². The first kappa shape index (κ1) is 20.0. The van der Waals surface area contributed by atoms with E-state index in [4.69, 9.17) is 0 Å². The molecule has 1 unspecified atom stereocenters. The summed E-state index contributed by atoms with van der Waals surface area (Å²) in [7, 11) is 0. The maximum absolute atomic E-state index is 14.1. The molecular weight excluding hydrogens is 386 g/mol. The molecule has 0 spiro atoms. The number of amides is 1. The molecule has 4 nitrogen and oxygen atoms in total. The van der Waals surface area contributed by atoms with Crippen LogP contribution < -0.4 is 10.6 Å². The number of carbonyl (C=O) groups excluding carboxylic acids is 2. The zero-order valence-corrected chi connectivity index (χ0v) is 16.8. The second-order valence-electron chi connectivity index (χ2n) is 7.75. The number of anilines is 1. The highest BCUT2D eigenvalue weighted by molar-refractivity contribution is 6.09. The third-order valence-electron chi connectivity index (χ3n) is 5.61. The monoisotopic (exact) mass is 408 g/mol. The third kappa shape index (κ3) is 3.65. The number of ketones is 1. The number of hydrogen-bond acceptors (Lipinski definition) is 3. The second kappa shape index (κ2) is 7.86. The summed E-state index contributed by atoms with van der Waals surface area (Å²) in [6.07, 6.45) is 1.94. The summed E-state index contributed by atoms with van der Waals surface area (Å²) in [4.78, 5) is 26.1. The summed E-state index contributed by atoms with van der Waals surface area (Å²) in [5.74, 6) is -2.63. The number of aryl methyl sites for hydroxylation is 1. The smallest absolute Gasteiger partial charge is 0.254 e. The van der Waals surface area contributed by atoms with E-state index < -0.39 is 23.5 Å². The van der Waals surface area contributed by atoms with Crippen LogP contribution in [0.15, 0.2) is 65.0 Å². The molecule has 1 aliphatic carbocycles. The lowest BCUT2D eigenvalue weighted by atomic mass is 9.75. The fraction of sp³-hybridized carbons (Fsp3) is 0.250. The largest absolute Gasteiger partial charge is 0.362 e. The van der Waals surface area contributed by atoms with Gasteiger partial charge in [0.2, 0.25) is 0 Å². The van der Waals surface area contributed by atoms with Gasteiger partial charge in [-0.2, -0.15) is 0 Å². The minimum absolute atomic E-state index is 0.0140. The summed E-state index contributed by atoms with van der Waals surface area (Å²) < 4.78 is 27.4. The summed E-state index contributed by atoms with van der Waals surface area (Å²) >= 11 is 0. The van der Waals surface area contributed by atoms with Gasteiger partial charge >= 0.3 is 0 Å². The van der Waals surface area contributed by atoms with Crippen molar-refractivity contribution in [1.82, 2.24) is 5.32 Å². The van der Waals surface area contributed by atoms with Crippen molar-refractivity contribution >= 4 is 17.4 Å². The number of carbonyl (C=O) groups is 2. The van der Waals surface area contributed by atoms with Gasteiger partial charge in [0.1, 0.15) is 11.6 Å².